The molecule has 0 saturated carbocycles. The number of benzene rings is 3. The zero-order chi connectivity index (χ0) is 18.4. The van der Waals surface area contributed by atoms with Crippen LogP contribution < -0.4 is 9.61 Å². The molecule has 6 heteroatoms. The van der Waals surface area contributed by atoms with Gasteiger partial charge in [0, 0.05) is 0 Å². The van der Waals surface area contributed by atoms with Crippen molar-refractivity contribution in [2.24, 2.45) is 5.10 Å². The van der Waals surface area contributed by atoms with Crippen molar-refractivity contribution >= 4 is 22.0 Å². The van der Waals surface area contributed by atoms with Crippen molar-refractivity contribution in [3.05, 3.63) is 90.0 Å². The monoisotopic (exact) mass is 366 g/mol. The van der Waals surface area contributed by atoms with Gasteiger partial charge < -0.3 is 4.18 Å². The fraction of sp³-hybridized carbons (Fsp3) is 0.0500. The van der Waals surface area contributed by atoms with Crippen molar-refractivity contribution < 1.29 is 12.6 Å². The van der Waals surface area contributed by atoms with Gasteiger partial charge in [-0.1, -0.05) is 35.9 Å². The minimum Gasteiger partial charge on any atom is -0.379 e. The van der Waals surface area contributed by atoms with Crippen molar-refractivity contribution in [2.75, 3.05) is 5.43 Å². The summed E-state index contributed by atoms with van der Waals surface area (Å²) in [4.78, 5) is 0.126. The van der Waals surface area contributed by atoms with Gasteiger partial charge in [0.05, 0.1) is 11.9 Å². The maximum Gasteiger partial charge on any atom is 0.339 e. The van der Waals surface area contributed by atoms with E-state index < -0.39 is 10.1 Å². The average molecular weight is 366 g/mol. The topological polar surface area (TPSA) is 67.8 Å². The molecular formula is C20H18N2O3S. The Kier molecular flexibility index (Phi) is 5.34. The Balaban J connectivity index is 1.65. The van der Waals surface area contributed by atoms with Gasteiger partial charge in [0.1, 0.15) is 10.6 Å². The van der Waals surface area contributed by atoms with E-state index >= 15 is 0 Å². The van der Waals surface area contributed by atoms with Gasteiger partial charge >= 0.3 is 10.1 Å². The Bertz CT molecular complexity index is 981. The first-order valence-corrected chi connectivity index (χ1v) is 9.39. The van der Waals surface area contributed by atoms with Gasteiger partial charge in [-0.2, -0.15) is 13.5 Å². The number of hydrogen-bond donors (Lipinski definition) is 1. The van der Waals surface area contributed by atoms with Crippen LogP contribution in [0.4, 0.5) is 5.69 Å². The molecule has 0 atom stereocenters. The Morgan fingerprint density at radius 1 is 0.885 bits per heavy atom. The summed E-state index contributed by atoms with van der Waals surface area (Å²) in [6.45, 7) is 1.89. The molecule has 0 fully saturated rings. The normalized spacial score (nSPS) is 11.4. The molecule has 0 amide bonds. The molecule has 26 heavy (non-hydrogen) atoms. The first-order chi connectivity index (χ1) is 12.5. The van der Waals surface area contributed by atoms with Gasteiger partial charge in [0.25, 0.3) is 0 Å². The van der Waals surface area contributed by atoms with Crippen molar-refractivity contribution in [1.29, 1.82) is 0 Å². The number of hydrogen-bond acceptors (Lipinski definition) is 5. The Labute approximate surface area is 153 Å². The Hall–Kier alpha value is -3.12. The maximum absolute atomic E-state index is 12.3. The molecule has 0 aliphatic rings. The molecule has 0 heterocycles. The molecule has 0 aromatic heterocycles. The summed E-state index contributed by atoms with van der Waals surface area (Å²) in [5, 5.41) is 4.14. The molecule has 0 unspecified atom stereocenters. The molecule has 0 saturated heterocycles. The quantitative estimate of drug-likeness (QED) is 0.403. The molecule has 0 aliphatic carbocycles. The summed E-state index contributed by atoms with van der Waals surface area (Å²) in [6.07, 6.45) is 1.64. The third-order valence-corrected chi connectivity index (χ3v) is 4.84. The SMILES string of the molecule is Cc1ccc(S(=O)(=O)Oc2ccc(/C=N\Nc3ccccc3)cc2)cc1. The van der Waals surface area contributed by atoms with Crippen molar-refractivity contribution in [2.45, 2.75) is 11.8 Å². The number of para-hydroxylation sites is 1. The number of anilines is 1. The minimum absolute atomic E-state index is 0.126. The smallest absolute Gasteiger partial charge is 0.339 e. The van der Waals surface area contributed by atoms with Crippen molar-refractivity contribution in [1.82, 2.24) is 0 Å². The lowest BCUT2D eigenvalue weighted by Gasteiger charge is -2.07. The third kappa shape index (κ3) is 4.70. The van der Waals surface area contributed by atoms with E-state index in [4.69, 9.17) is 4.18 Å². The van der Waals surface area contributed by atoms with E-state index in [-0.39, 0.29) is 10.6 Å². The molecule has 3 aromatic rings. The molecule has 0 radical (unpaired) electrons. The fourth-order valence-electron chi connectivity index (χ4n) is 2.18. The number of rotatable bonds is 6. The molecule has 0 bridgehead atoms. The second-order valence-electron chi connectivity index (χ2n) is 5.66. The van der Waals surface area contributed by atoms with E-state index in [1.54, 1.807) is 42.6 Å². The van der Waals surface area contributed by atoms with Crippen LogP contribution in [0.2, 0.25) is 0 Å². The van der Waals surface area contributed by atoms with Gasteiger partial charge in [-0.15, -0.1) is 0 Å². The highest BCUT2D eigenvalue weighted by Gasteiger charge is 2.16. The first-order valence-electron chi connectivity index (χ1n) is 7.98. The number of aryl methyl sites for hydroxylation is 1. The molecule has 0 aliphatic heterocycles. The summed E-state index contributed by atoms with van der Waals surface area (Å²) in [6, 6.07) is 22.7. The molecule has 3 rings (SSSR count). The molecule has 0 spiro atoms. The minimum atomic E-state index is -3.84. The highest BCUT2D eigenvalue weighted by Crippen LogP contribution is 2.19. The van der Waals surface area contributed by atoms with Crippen LogP contribution in [-0.2, 0) is 10.1 Å². The summed E-state index contributed by atoms with van der Waals surface area (Å²) >= 11 is 0. The average Bonchev–Trinajstić information content (AvgIpc) is 2.64. The molecule has 3 aromatic carbocycles. The van der Waals surface area contributed by atoms with Crippen LogP contribution in [-0.4, -0.2) is 14.6 Å². The Morgan fingerprint density at radius 3 is 2.19 bits per heavy atom. The van der Waals surface area contributed by atoms with Crippen LogP contribution in [0.1, 0.15) is 11.1 Å². The van der Waals surface area contributed by atoms with Crippen LogP contribution in [0.5, 0.6) is 5.75 Å². The number of hydrazone groups is 1. The molecule has 5 nitrogen and oxygen atoms in total. The summed E-state index contributed by atoms with van der Waals surface area (Å²) < 4.78 is 29.7. The highest BCUT2D eigenvalue weighted by atomic mass is 32.2. The van der Waals surface area contributed by atoms with Gasteiger partial charge in [0.2, 0.25) is 0 Å². The van der Waals surface area contributed by atoms with E-state index in [1.807, 2.05) is 37.3 Å². The van der Waals surface area contributed by atoms with E-state index in [2.05, 4.69) is 10.5 Å². The van der Waals surface area contributed by atoms with Gasteiger partial charge in [0.15, 0.2) is 0 Å². The highest BCUT2D eigenvalue weighted by molar-refractivity contribution is 7.87. The summed E-state index contributed by atoms with van der Waals surface area (Å²) in [7, 11) is -3.84. The van der Waals surface area contributed by atoms with Gasteiger partial charge in [-0.05, 0) is 61.0 Å². The van der Waals surface area contributed by atoms with Gasteiger partial charge in [-0.3, -0.25) is 5.43 Å². The summed E-state index contributed by atoms with van der Waals surface area (Å²) in [5.74, 6) is 0.249. The molecule has 132 valence electrons. The zero-order valence-corrected chi connectivity index (χ0v) is 15.0. The lowest BCUT2D eigenvalue weighted by atomic mass is 10.2. The molecular weight excluding hydrogens is 348 g/mol. The first kappa shape index (κ1) is 17.7. The predicted molar refractivity (Wildman–Crippen MR) is 103 cm³/mol. The lowest BCUT2D eigenvalue weighted by Crippen LogP contribution is -2.09. The van der Waals surface area contributed by atoms with Crippen LogP contribution in [0, 0.1) is 6.92 Å². The largest absolute Gasteiger partial charge is 0.379 e. The van der Waals surface area contributed by atoms with E-state index in [9.17, 15) is 8.42 Å². The third-order valence-electron chi connectivity index (χ3n) is 3.58. The van der Waals surface area contributed by atoms with Crippen molar-refractivity contribution in [3.8, 4) is 5.75 Å². The fourth-order valence-corrected chi connectivity index (χ4v) is 3.11. The number of nitrogens with zero attached hydrogens (tertiary/aromatic N) is 1. The van der Waals surface area contributed by atoms with Crippen molar-refractivity contribution in [3.63, 3.8) is 0 Å². The van der Waals surface area contributed by atoms with Crippen LogP contribution in [0.3, 0.4) is 0 Å². The van der Waals surface area contributed by atoms with E-state index in [0.717, 1.165) is 16.8 Å². The van der Waals surface area contributed by atoms with Crippen LogP contribution >= 0.6 is 0 Å². The second kappa shape index (κ2) is 7.84. The van der Waals surface area contributed by atoms with Crippen LogP contribution in [0.25, 0.3) is 0 Å². The molecule has 1 N–H and O–H groups in total. The standard InChI is InChI=1S/C20H18N2O3S/c1-16-7-13-20(14-8-16)26(23,24)25-19-11-9-17(10-12-19)15-21-22-18-5-3-2-4-6-18/h2-15,22H,1H3/b21-15-. The van der Waals surface area contributed by atoms with Gasteiger partial charge in [-0.25, -0.2) is 0 Å². The lowest BCUT2D eigenvalue weighted by molar-refractivity contribution is 0.486. The second-order valence-corrected chi connectivity index (χ2v) is 7.20. The summed E-state index contributed by atoms with van der Waals surface area (Å²) in [5.41, 5.74) is 5.59. The maximum atomic E-state index is 12.3. The van der Waals surface area contributed by atoms with E-state index in [0.29, 0.717) is 0 Å². The number of nitrogens with one attached hydrogen (secondary N) is 1. The van der Waals surface area contributed by atoms with E-state index in [1.165, 1.54) is 12.1 Å². The Morgan fingerprint density at radius 2 is 1.54 bits per heavy atom. The predicted octanol–water partition coefficient (Wildman–Crippen LogP) is 4.21. The zero-order valence-electron chi connectivity index (χ0n) is 14.2. The van der Waals surface area contributed by atoms with Crippen LogP contribution in [0.15, 0.2) is 88.9 Å².